The molecule has 1 aliphatic rings. The molecular formula is C8H15NO6. The van der Waals surface area contributed by atoms with Crippen LogP contribution in [0, 0.1) is 0 Å². The van der Waals surface area contributed by atoms with E-state index in [1.165, 1.54) is 7.05 Å². The van der Waals surface area contributed by atoms with Crippen molar-refractivity contribution < 1.29 is 30.0 Å². The molecule has 1 heterocycles. The predicted molar refractivity (Wildman–Crippen MR) is 47.6 cm³/mol. The van der Waals surface area contributed by atoms with Crippen molar-refractivity contribution in [3.63, 3.8) is 0 Å². The number of ether oxygens (including phenoxy) is 1. The van der Waals surface area contributed by atoms with Crippen molar-refractivity contribution >= 4 is 6.41 Å². The van der Waals surface area contributed by atoms with Crippen LogP contribution in [0.25, 0.3) is 0 Å². The highest BCUT2D eigenvalue weighted by Gasteiger charge is 2.45. The fraction of sp³-hybridized carbons (Fsp3) is 0.875. The van der Waals surface area contributed by atoms with E-state index in [2.05, 4.69) is 0 Å². The van der Waals surface area contributed by atoms with Gasteiger partial charge in [-0.25, -0.2) is 0 Å². The average molecular weight is 221 g/mol. The Morgan fingerprint density at radius 3 is 2.40 bits per heavy atom. The van der Waals surface area contributed by atoms with E-state index in [0.29, 0.717) is 6.41 Å². The minimum Gasteiger partial charge on any atom is -0.394 e. The van der Waals surface area contributed by atoms with Gasteiger partial charge in [0.05, 0.1) is 6.61 Å². The quantitative estimate of drug-likeness (QED) is 0.375. The zero-order valence-electron chi connectivity index (χ0n) is 8.22. The molecule has 0 saturated carbocycles. The fourth-order valence-corrected chi connectivity index (χ4v) is 1.59. The van der Waals surface area contributed by atoms with E-state index in [9.17, 15) is 20.1 Å². The summed E-state index contributed by atoms with van der Waals surface area (Å²) in [5.41, 5.74) is 0. The van der Waals surface area contributed by atoms with Gasteiger partial charge in [0.25, 0.3) is 0 Å². The van der Waals surface area contributed by atoms with Crippen molar-refractivity contribution in [1.29, 1.82) is 0 Å². The van der Waals surface area contributed by atoms with Gasteiger partial charge < -0.3 is 30.1 Å². The molecule has 1 aliphatic heterocycles. The summed E-state index contributed by atoms with van der Waals surface area (Å²) in [7, 11) is 1.35. The zero-order chi connectivity index (χ0) is 11.6. The van der Waals surface area contributed by atoms with Gasteiger partial charge in [-0.3, -0.25) is 4.79 Å². The van der Waals surface area contributed by atoms with Crippen LogP contribution in [-0.4, -0.2) is 76.0 Å². The Morgan fingerprint density at radius 1 is 1.33 bits per heavy atom. The van der Waals surface area contributed by atoms with Crippen molar-refractivity contribution in [3.8, 4) is 0 Å². The lowest BCUT2D eigenvalue weighted by Crippen LogP contribution is -2.63. The largest absolute Gasteiger partial charge is 0.394 e. The van der Waals surface area contributed by atoms with E-state index < -0.39 is 37.3 Å². The number of amides is 1. The molecule has 0 radical (unpaired) electrons. The Morgan fingerprint density at radius 2 is 1.93 bits per heavy atom. The Balaban J connectivity index is 2.78. The third kappa shape index (κ3) is 2.27. The lowest BCUT2D eigenvalue weighted by atomic mass is 9.96. The molecule has 7 heteroatoms. The topological polar surface area (TPSA) is 110 Å². The highest BCUT2D eigenvalue weighted by atomic mass is 16.6. The summed E-state index contributed by atoms with van der Waals surface area (Å²) in [5, 5.41) is 37.3. The summed E-state index contributed by atoms with van der Waals surface area (Å²) in [5.74, 6) is 0. The second-order valence-electron chi connectivity index (χ2n) is 3.49. The first kappa shape index (κ1) is 12.3. The van der Waals surface area contributed by atoms with Crippen LogP contribution in [-0.2, 0) is 9.53 Å². The Kier molecular flexibility index (Phi) is 4.00. The number of rotatable bonds is 3. The first-order valence-corrected chi connectivity index (χ1v) is 4.50. The molecule has 5 unspecified atom stereocenters. The van der Waals surface area contributed by atoms with Gasteiger partial charge in [0.2, 0.25) is 6.41 Å². The number of hydrogen-bond acceptors (Lipinski definition) is 6. The second kappa shape index (κ2) is 4.86. The van der Waals surface area contributed by atoms with Gasteiger partial charge in [-0.1, -0.05) is 0 Å². The van der Waals surface area contributed by atoms with Crippen molar-refractivity contribution in [1.82, 2.24) is 4.90 Å². The third-order valence-corrected chi connectivity index (χ3v) is 2.50. The predicted octanol–water partition coefficient (Wildman–Crippen LogP) is -3.13. The van der Waals surface area contributed by atoms with Gasteiger partial charge in [0, 0.05) is 7.05 Å². The number of likely N-dealkylation sites (N-methyl/N-ethyl adjacent to an activating group) is 1. The van der Waals surface area contributed by atoms with Crippen LogP contribution in [0.2, 0.25) is 0 Å². The number of carbonyl (C=O) groups excluding carboxylic acids is 1. The lowest BCUT2D eigenvalue weighted by Gasteiger charge is -2.42. The molecule has 1 fully saturated rings. The minimum absolute atomic E-state index is 0.409. The monoisotopic (exact) mass is 221 g/mol. The molecule has 0 bridgehead atoms. The standard InChI is InChI=1S/C8H15NO6/c1-9(3-11)5-7(13)6(12)4(2-10)15-8(5)14/h3-8,10,12-14H,2H2,1H3. The van der Waals surface area contributed by atoms with Gasteiger partial charge in [-0.15, -0.1) is 0 Å². The molecule has 0 aliphatic carbocycles. The Hall–Kier alpha value is -0.730. The Bertz CT molecular complexity index is 225. The van der Waals surface area contributed by atoms with Crippen molar-refractivity contribution in [2.45, 2.75) is 30.6 Å². The lowest BCUT2D eigenvalue weighted by molar-refractivity contribution is -0.267. The van der Waals surface area contributed by atoms with E-state index in [1.807, 2.05) is 0 Å². The average Bonchev–Trinajstić information content (AvgIpc) is 2.23. The number of carbonyl (C=O) groups is 1. The maximum Gasteiger partial charge on any atom is 0.209 e. The molecule has 7 nitrogen and oxygen atoms in total. The second-order valence-corrected chi connectivity index (χ2v) is 3.49. The van der Waals surface area contributed by atoms with E-state index in [0.717, 1.165) is 4.90 Å². The van der Waals surface area contributed by atoms with Gasteiger partial charge in [-0.2, -0.15) is 0 Å². The normalized spacial score (nSPS) is 41.3. The summed E-state index contributed by atoms with van der Waals surface area (Å²) >= 11 is 0. The third-order valence-electron chi connectivity index (χ3n) is 2.50. The minimum atomic E-state index is -1.43. The van der Waals surface area contributed by atoms with Gasteiger partial charge in [-0.05, 0) is 0 Å². The molecule has 1 rings (SSSR count). The zero-order valence-corrected chi connectivity index (χ0v) is 8.22. The summed E-state index contributed by atoms with van der Waals surface area (Å²) in [6.07, 6.45) is -4.78. The highest BCUT2D eigenvalue weighted by molar-refractivity contribution is 5.47. The van der Waals surface area contributed by atoms with E-state index in [4.69, 9.17) is 9.84 Å². The van der Waals surface area contributed by atoms with Crippen LogP contribution in [0.5, 0.6) is 0 Å². The summed E-state index contributed by atoms with van der Waals surface area (Å²) < 4.78 is 4.85. The number of aliphatic hydroxyl groups excluding tert-OH is 4. The molecular weight excluding hydrogens is 206 g/mol. The molecule has 88 valence electrons. The molecule has 5 atom stereocenters. The maximum absolute atomic E-state index is 10.5. The van der Waals surface area contributed by atoms with Crippen LogP contribution >= 0.6 is 0 Å². The summed E-state index contributed by atoms with van der Waals surface area (Å²) in [6, 6.07) is -1.04. The number of hydrogen-bond donors (Lipinski definition) is 4. The Labute approximate surface area is 86.5 Å². The molecule has 15 heavy (non-hydrogen) atoms. The van der Waals surface area contributed by atoms with E-state index in [-0.39, 0.29) is 0 Å². The molecule has 0 aromatic heterocycles. The molecule has 1 saturated heterocycles. The van der Waals surface area contributed by atoms with Gasteiger partial charge >= 0.3 is 0 Å². The SMILES string of the molecule is CN(C=O)C1C(O)OC(CO)C(O)C1O. The van der Waals surface area contributed by atoms with Crippen LogP contribution in [0.15, 0.2) is 0 Å². The highest BCUT2D eigenvalue weighted by Crippen LogP contribution is 2.22. The van der Waals surface area contributed by atoms with Crippen LogP contribution in [0.3, 0.4) is 0 Å². The van der Waals surface area contributed by atoms with Crippen molar-refractivity contribution in [3.05, 3.63) is 0 Å². The number of nitrogens with zero attached hydrogens (tertiary/aromatic N) is 1. The fourth-order valence-electron chi connectivity index (χ4n) is 1.59. The van der Waals surface area contributed by atoms with Gasteiger partial charge in [0.1, 0.15) is 24.4 Å². The van der Waals surface area contributed by atoms with Crippen LogP contribution < -0.4 is 0 Å². The van der Waals surface area contributed by atoms with E-state index in [1.54, 1.807) is 0 Å². The molecule has 1 amide bonds. The first-order chi connectivity index (χ1) is 7.02. The van der Waals surface area contributed by atoms with Crippen LogP contribution in [0.4, 0.5) is 0 Å². The van der Waals surface area contributed by atoms with Crippen molar-refractivity contribution in [2.24, 2.45) is 0 Å². The molecule has 0 aromatic carbocycles. The van der Waals surface area contributed by atoms with Gasteiger partial charge in [0.15, 0.2) is 6.29 Å². The number of aliphatic hydroxyl groups is 4. The molecule has 0 aromatic rings. The first-order valence-electron chi connectivity index (χ1n) is 4.50. The maximum atomic E-state index is 10.5. The molecule has 4 N–H and O–H groups in total. The smallest absolute Gasteiger partial charge is 0.209 e. The van der Waals surface area contributed by atoms with Crippen molar-refractivity contribution in [2.75, 3.05) is 13.7 Å². The van der Waals surface area contributed by atoms with E-state index >= 15 is 0 Å². The summed E-state index contributed by atoms with van der Waals surface area (Å²) in [6.45, 7) is -0.521. The molecule has 0 spiro atoms. The summed E-state index contributed by atoms with van der Waals surface area (Å²) in [4.78, 5) is 11.5. The van der Waals surface area contributed by atoms with Crippen LogP contribution in [0.1, 0.15) is 0 Å².